The number of nitrogens with zero attached hydrogens (tertiary/aromatic N) is 2. The molecule has 0 aromatic heterocycles. The molecule has 3 aliphatic rings. The van der Waals surface area contributed by atoms with Crippen molar-refractivity contribution in [1.29, 1.82) is 0 Å². The van der Waals surface area contributed by atoms with Gasteiger partial charge in [-0.1, -0.05) is 72.8 Å². The minimum Gasteiger partial charge on any atom is -0.448 e. The van der Waals surface area contributed by atoms with Gasteiger partial charge in [0.2, 0.25) is 0 Å². The zero-order valence-electron chi connectivity index (χ0n) is 26.1. The summed E-state index contributed by atoms with van der Waals surface area (Å²) < 4.78 is 26.1. The highest BCUT2D eigenvalue weighted by Gasteiger charge is 2.55. The van der Waals surface area contributed by atoms with E-state index in [9.17, 15) is 23.6 Å². The Balaban J connectivity index is 1.35. The topological polar surface area (TPSA) is 105 Å². The van der Waals surface area contributed by atoms with Crippen LogP contribution < -0.4 is 10.2 Å². The van der Waals surface area contributed by atoms with Crippen LogP contribution in [0.25, 0.3) is 0 Å². The first-order chi connectivity index (χ1) is 22.5. The summed E-state index contributed by atoms with van der Waals surface area (Å²) in [6, 6.07) is 23.7. The summed E-state index contributed by atoms with van der Waals surface area (Å²) in [6.07, 6.45) is 0.414. The highest BCUT2D eigenvalue weighted by molar-refractivity contribution is 8.00. The lowest BCUT2D eigenvalue weighted by atomic mass is 10.00. The molecule has 6 rings (SSSR count). The Hall–Kier alpha value is -4.90. The molecule has 3 amide bonds. The van der Waals surface area contributed by atoms with Crippen molar-refractivity contribution in [2.75, 3.05) is 17.2 Å². The number of anilines is 1. The van der Waals surface area contributed by atoms with Crippen molar-refractivity contribution in [2.45, 2.75) is 50.3 Å². The summed E-state index contributed by atoms with van der Waals surface area (Å²) in [5, 5.41) is 2.04. The van der Waals surface area contributed by atoms with Gasteiger partial charge in [0.15, 0.2) is 6.10 Å². The maximum atomic E-state index is 14.6. The second-order valence-corrected chi connectivity index (χ2v) is 13.4. The Morgan fingerprint density at radius 1 is 0.957 bits per heavy atom. The van der Waals surface area contributed by atoms with Crippen LogP contribution in [0.2, 0.25) is 0 Å². The van der Waals surface area contributed by atoms with Gasteiger partial charge in [0.05, 0.1) is 5.69 Å². The van der Waals surface area contributed by atoms with Gasteiger partial charge in [-0.15, -0.1) is 11.8 Å². The van der Waals surface area contributed by atoms with Gasteiger partial charge in [-0.25, -0.2) is 14.0 Å². The van der Waals surface area contributed by atoms with Crippen molar-refractivity contribution in [1.82, 2.24) is 10.2 Å². The van der Waals surface area contributed by atoms with Crippen molar-refractivity contribution < 1.29 is 33.0 Å². The van der Waals surface area contributed by atoms with Crippen molar-refractivity contribution in [2.24, 2.45) is 0 Å². The molecule has 11 heteroatoms. The minimum absolute atomic E-state index is 0.00231. The molecule has 0 unspecified atom stereocenters. The number of alkyl carbamates (subject to hydrolysis) is 1. The van der Waals surface area contributed by atoms with E-state index in [2.05, 4.69) is 5.32 Å². The highest BCUT2D eigenvalue weighted by atomic mass is 32.2. The molecule has 0 spiro atoms. The van der Waals surface area contributed by atoms with E-state index in [0.29, 0.717) is 17.6 Å². The van der Waals surface area contributed by atoms with Gasteiger partial charge < -0.3 is 19.7 Å². The zero-order chi connectivity index (χ0) is 33.3. The molecule has 0 radical (unpaired) electrons. The first kappa shape index (κ1) is 32.1. The monoisotopic (exact) mass is 655 g/mol. The highest BCUT2D eigenvalue weighted by Crippen LogP contribution is 2.43. The van der Waals surface area contributed by atoms with Gasteiger partial charge in [-0.2, -0.15) is 0 Å². The Labute approximate surface area is 276 Å². The molecule has 0 saturated carbocycles. The number of para-hydroxylation sites is 1. The summed E-state index contributed by atoms with van der Waals surface area (Å²) in [7, 11) is 0. The number of hydrogen-bond donors (Lipinski definition) is 1. The molecule has 242 valence electrons. The molecule has 0 bridgehead atoms. The zero-order valence-corrected chi connectivity index (χ0v) is 27.0. The maximum absolute atomic E-state index is 14.6. The number of amides is 3. The van der Waals surface area contributed by atoms with Crippen LogP contribution in [-0.4, -0.2) is 58.1 Å². The molecule has 0 aliphatic carbocycles. The van der Waals surface area contributed by atoms with Crippen LogP contribution in [0.5, 0.6) is 0 Å². The summed E-state index contributed by atoms with van der Waals surface area (Å²) in [6.45, 7) is 5.44. The molecule has 2 atom stereocenters. The Kier molecular flexibility index (Phi) is 8.92. The summed E-state index contributed by atoms with van der Waals surface area (Å²) in [5.74, 6) is -1.89. The lowest BCUT2D eigenvalue weighted by Crippen LogP contribution is -2.70. The molecule has 3 aromatic carbocycles. The Morgan fingerprint density at radius 3 is 2.19 bits per heavy atom. The number of benzene rings is 3. The normalized spacial score (nSPS) is 20.3. The molecule has 3 aromatic rings. The van der Waals surface area contributed by atoms with Crippen molar-refractivity contribution in [3.05, 3.63) is 125 Å². The van der Waals surface area contributed by atoms with Gasteiger partial charge in [0.25, 0.3) is 11.8 Å². The number of fused-ring (bicyclic) bond motifs is 1. The third-order valence-corrected chi connectivity index (χ3v) is 9.21. The van der Waals surface area contributed by atoms with Crippen molar-refractivity contribution in [3.63, 3.8) is 0 Å². The van der Waals surface area contributed by atoms with Gasteiger partial charge in [0.1, 0.15) is 28.5 Å². The van der Waals surface area contributed by atoms with Crippen molar-refractivity contribution >= 4 is 41.3 Å². The number of carbonyl (C=O) groups is 4. The molecule has 2 saturated heterocycles. The van der Waals surface area contributed by atoms with Crippen LogP contribution in [0.15, 0.2) is 108 Å². The fourth-order valence-electron chi connectivity index (χ4n) is 5.78. The second-order valence-electron chi connectivity index (χ2n) is 12.3. The molecular formula is C36H34FN3O6S. The molecular weight excluding hydrogens is 621 g/mol. The first-order valence-corrected chi connectivity index (χ1v) is 16.3. The summed E-state index contributed by atoms with van der Waals surface area (Å²) in [4.78, 5) is 56.6. The van der Waals surface area contributed by atoms with Gasteiger partial charge in [-0.05, 0) is 62.1 Å². The summed E-state index contributed by atoms with van der Waals surface area (Å²) >= 11 is 1.35. The molecule has 47 heavy (non-hydrogen) atoms. The van der Waals surface area contributed by atoms with E-state index in [1.54, 1.807) is 45.0 Å². The van der Waals surface area contributed by atoms with E-state index in [1.165, 1.54) is 27.6 Å². The number of carbonyl (C=O) groups excluding carboxylic acids is 4. The number of rotatable bonds is 7. The van der Waals surface area contributed by atoms with E-state index >= 15 is 0 Å². The lowest BCUT2D eigenvalue weighted by molar-refractivity contribution is -0.153. The minimum atomic E-state index is -0.921. The quantitative estimate of drug-likeness (QED) is 0.193. The first-order valence-electron chi connectivity index (χ1n) is 15.3. The average molecular weight is 656 g/mol. The van der Waals surface area contributed by atoms with Gasteiger partial charge >= 0.3 is 12.1 Å². The van der Waals surface area contributed by atoms with Gasteiger partial charge in [0, 0.05) is 17.9 Å². The van der Waals surface area contributed by atoms with Crippen LogP contribution in [0.3, 0.4) is 0 Å². The Bertz CT molecular complexity index is 1730. The fourth-order valence-corrected chi connectivity index (χ4v) is 7.09. The van der Waals surface area contributed by atoms with E-state index in [1.807, 2.05) is 60.7 Å². The van der Waals surface area contributed by atoms with Crippen molar-refractivity contribution in [3.8, 4) is 0 Å². The van der Waals surface area contributed by atoms with Crippen LogP contribution in [0.1, 0.15) is 44.4 Å². The summed E-state index contributed by atoms with van der Waals surface area (Å²) in [5.41, 5.74) is 1.70. The SMILES string of the molecule is CC(C)(C)OC(=O)N[C@@H]1C(=O)N2C(C(=O)OC(c3ccccc3)c3ccccc3)=C(C=C3CCN(c4ccccc4F)C3=O)CS[C@H]12. The number of hydrogen-bond acceptors (Lipinski definition) is 7. The number of β-lactam (4-membered cyclic amide) rings is 1. The predicted molar refractivity (Wildman–Crippen MR) is 176 cm³/mol. The smallest absolute Gasteiger partial charge is 0.408 e. The van der Waals surface area contributed by atoms with E-state index in [-0.39, 0.29) is 29.6 Å². The molecule has 2 fully saturated rings. The molecule has 9 nitrogen and oxygen atoms in total. The average Bonchev–Trinajstić information content (AvgIpc) is 3.41. The van der Waals surface area contributed by atoms with Crippen LogP contribution in [-0.2, 0) is 23.9 Å². The number of nitrogens with one attached hydrogen (secondary N) is 1. The van der Waals surface area contributed by atoms with E-state index in [0.717, 1.165) is 11.1 Å². The largest absolute Gasteiger partial charge is 0.448 e. The molecule has 3 aliphatic heterocycles. The van der Waals surface area contributed by atoms with E-state index in [4.69, 9.17) is 9.47 Å². The Morgan fingerprint density at radius 2 is 1.57 bits per heavy atom. The third-order valence-electron chi connectivity index (χ3n) is 7.91. The molecule has 1 N–H and O–H groups in total. The standard InChI is InChI=1S/C36H34FN3O6S/c1-36(2,3)46-35(44)38-28-32(42)40-29(34(43)45-30(22-12-6-4-7-13-22)23-14-8-5-9-15-23)25(21-47-33(28)40)20-24-18-19-39(31(24)41)27-17-11-10-16-26(27)37/h4-17,20,28,30,33H,18-19,21H2,1-3H3,(H,38,44)/t28-,33-/m1/s1. The second kappa shape index (κ2) is 13.1. The predicted octanol–water partition coefficient (Wildman–Crippen LogP) is 5.88. The van der Waals surface area contributed by atoms with Gasteiger partial charge in [-0.3, -0.25) is 14.5 Å². The number of ether oxygens (including phenoxy) is 2. The van der Waals surface area contributed by atoms with Crippen LogP contribution in [0.4, 0.5) is 14.9 Å². The van der Waals surface area contributed by atoms with Crippen LogP contribution in [0, 0.1) is 5.82 Å². The van der Waals surface area contributed by atoms with Crippen LogP contribution >= 0.6 is 11.8 Å². The number of halogens is 1. The number of esters is 1. The lowest BCUT2D eigenvalue weighted by Gasteiger charge is -2.49. The number of allylic oxidation sites excluding steroid dienone is 1. The fraction of sp³-hybridized carbons (Fsp3) is 0.278. The third kappa shape index (κ3) is 6.66. The molecule has 3 heterocycles. The van der Waals surface area contributed by atoms with E-state index < -0.39 is 46.9 Å². The maximum Gasteiger partial charge on any atom is 0.408 e. The number of thioether (sulfide) groups is 1.